The number of hydrogen-bond donors (Lipinski definition) is 1. The molecule has 2 aliphatic rings. The van der Waals surface area contributed by atoms with Crippen LogP contribution in [0, 0.1) is 0 Å². The number of hydrogen-bond acceptors (Lipinski definition) is 6. The molecule has 0 bridgehead atoms. The van der Waals surface area contributed by atoms with Crippen molar-refractivity contribution >= 4 is 21.9 Å². The van der Waals surface area contributed by atoms with E-state index < -0.39 is 24.0 Å². The number of benzene rings is 1. The molecule has 1 N–H and O–H groups in total. The molecule has 0 aromatic heterocycles. The molecule has 0 amide bonds. The van der Waals surface area contributed by atoms with Gasteiger partial charge in [-0.1, -0.05) is 28.1 Å². The molecule has 2 aliphatic heterocycles. The molecule has 1 aromatic carbocycles. The van der Waals surface area contributed by atoms with Crippen LogP contribution in [0.25, 0.3) is 0 Å². The molecule has 1 fully saturated rings. The van der Waals surface area contributed by atoms with Gasteiger partial charge >= 0.3 is 5.97 Å². The van der Waals surface area contributed by atoms with Crippen LogP contribution in [0.5, 0.6) is 0 Å². The number of carbonyl (C=O) groups excluding carboxylic acids is 1. The van der Waals surface area contributed by atoms with E-state index in [1.54, 1.807) is 13.8 Å². The second-order valence-corrected chi connectivity index (χ2v) is 6.74. The third-order valence-corrected chi connectivity index (χ3v) is 4.11. The zero-order chi connectivity index (χ0) is 16.6. The summed E-state index contributed by atoms with van der Waals surface area (Å²) in [6, 6.07) is 7.45. The topological polar surface area (TPSA) is 74.2 Å². The highest BCUT2D eigenvalue weighted by Gasteiger charge is 2.47. The highest BCUT2D eigenvalue weighted by atomic mass is 79.9. The van der Waals surface area contributed by atoms with Gasteiger partial charge in [-0.2, -0.15) is 0 Å². The lowest BCUT2D eigenvalue weighted by atomic mass is 10.2. The summed E-state index contributed by atoms with van der Waals surface area (Å²) in [6.45, 7) is 3.90. The SMILES string of the molecule is CC1(C)OC[C@@H]([C@H]2OC(=O)C(OCc3ccc(Br)cc3)=C2O)O1. The second kappa shape index (κ2) is 6.14. The van der Waals surface area contributed by atoms with Gasteiger partial charge in [0.05, 0.1) is 6.61 Å². The summed E-state index contributed by atoms with van der Waals surface area (Å²) in [6.07, 6.45) is -1.45. The average molecular weight is 385 g/mol. The third kappa shape index (κ3) is 3.52. The van der Waals surface area contributed by atoms with E-state index in [0.29, 0.717) is 0 Å². The van der Waals surface area contributed by atoms with Crippen molar-refractivity contribution in [3.8, 4) is 0 Å². The van der Waals surface area contributed by atoms with Crippen LogP contribution in [-0.2, 0) is 30.3 Å². The number of aliphatic hydroxyl groups is 1. The standard InChI is InChI=1S/C16H17BrO6/c1-16(2)21-8-11(23-16)13-12(18)14(15(19)22-13)20-7-9-3-5-10(17)6-4-9/h3-6,11,13,18H,7-8H2,1-2H3/t11-,13+/m0/s1. The number of ether oxygens (including phenoxy) is 4. The maximum absolute atomic E-state index is 11.9. The smallest absolute Gasteiger partial charge is 0.378 e. The van der Waals surface area contributed by atoms with Crippen LogP contribution in [0.3, 0.4) is 0 Å². The van der Waals surface area contributed by atoms with Gasteiger partial charge in [0, 0.05) is 4.47 Å². The lowest BCUT2D eigenvalue weighted by Crippen LogP contribution is -2.32. The first-order valence-corrected chi connectivity index (χ1v) is 7.98. The van der Waals surface area contributed by atoms with E-state index in [2.05, 4.69) is 15.9 Å². The van der Waals surface area contributed by atoms with Crippen molar-refractivity contribution in [2.24, 2.45) is 0 Å². The van der Waals surface area contributed by atoms with Crippen LogP contribution in [0.4, 0.5) is 0 Å². The minimum Gasteiger partial charge on any atom is -0.505 e. The van der Waals surface area contributed by atoms with Crippen LogP contribution in [0.1, 0.15) is 19.4 Å². The Balaban J connectivity index is 1.68. The summed E-state index contributed by atoms with van der Waals surface area (Å²) in [5.74, 6) is -1.89. The van der Waals surface area contributed by atoms with Gasteiger partial charge in [-0.3, -0.25) is 0 Å². The van der Waals surface area contributed by atoms with Crippen molar-refractivity contribution in [3.05, 3.63) is 45.8 Å². The number of aliphatic hydroxyl groups excluding tert-OH is 1. The van der Waals surface area contributed by atoms with Crippen molar-refractivity contribution in [1.29, 1.82) is 0 Å². The molecule has 6 nitrogen and oxygen atoms in total. The number of cyclic esters (lactones) is 1. The first-order valence-electron chi connectivity index (χ1n) is 7.19. The zero-order valence-corrected chi connectivity index (χ0v) is 14.3. The Hall–Kier alpha value is -1.57. The molecule has 2 atom stereocenters. The Morgan fingerprint density at radius 2 is 2.04 bits per heavy atom. The predicted molar refractivity (Wildman–Crippen MR) is 83.4 cm³/mol. The lowest BCUT2D eigenvalue weighted by molar-refractivity contribution is -0.163. The highest BCUT2D eigenvalue weighted by molar-refractivity contribution is 9.10. The van der Waals surface area contributed by atoms with E-state index in [9.17, 15) is 9.90 Å². The number of rotatable bonds is 4. The van der Waals surface area contributed by atoms with Gasteiger partial charge in [0.2, 0.25) is 5.76 Å². The molecule has 0 saturated carbocycles. The Labute approximate surface area is 142 Å². The summed E-state index contributed by atoms with van der Waals surface area (Å²) in [5, 5.41) is 10.2. The first-order chi connectivity index (χ1) is 10.9. The molecule has 0 aliphatic carbocycles. The maximum atomic E-state index is 11.9. The fraction of sp³-hybridized carbons (Fsp3) is 0.438. The third-order valence-electron chi connectivity index (χ3n) is 3.59. The second-order valence-electron chi connectivity index (χ2n) is 5.82. The van der Waals surface area contributed by atoms with Crippen LogP contribution in [0.15, 0.2) is 40.3 Å². The monoisotopic (exact) mass is 384 g/mol. The quantitative estimate of drug-likeness (QED) is 0.804. The summed E-state index contributed by atoms with van der Waals surface area (Å²) < 4.78 is 22.6. The zero-order valence-electron chi connectivity index (χ0n) is 12.7. The van der Waals surface area contributed by atoms with Gasteiger partial charge < -0.3 is 24.1 Å². The largest absolute Gasteiger partial charge is 0.505 e. The van der Waals surface area contributed by atoms with Gasteiger partial charge in [0.25, 0.3) is 0 Å². The molecule has 1 aromatic rings. The van der Waals surface area contributed by atoms with Crippen molar-refractivity contribution in [1.82, 2.24) is 0 Å². The van der Waals surface area contributed by atoms with Crippen molar-refractivity contribution in [2.45, 2.75) is 38.4 Å². The molecule has 0 spiro atoms. The highest BCUT2D eigenvalue weighted by Crippen LogP contribution is 2.32. The van der Waals surface area contributed by atoms with Gasteiger partial charge in [0.1, 0.15) is 12.7 Å². The lowest BCUT2D eigenvalue weighted by Gasteiger charge is -2.19. The Kier molecular flexibility index (Phi) is 4.35. The minimum absolute atomic E-state index is 0.155. The summed E-state index contributed by atoms with van der Waals surface area (Å²) >= 11 is 3.35. The van der Waals surface area contributed by atoms with Crippen LogP contribution in [0.2, 0.25) is 0 Å². The van der Waals surface area contributed by atoms with Gasteiger partial charge in [-0.05, 0) is 31.5 Å². The maximum Gasteiger partial charge on any atom is 0.378 e. The molecular weight excluding hydrogens is 368 g/mol. The number of halogens is 1. The van der Waals surface area contributed by atoms with Crippen LogP contribution < -0.4 is 0 Å². The summed E-state index contributed by atoms with van der Waals surface area (Å²) in [5.41, 5.74) is 0.867. The van der Waals surface area contributed by atoms with E-state index >= 15 is 0 Å². The average Bonchev–Trinajstić information content (AvgIpc) is 2.99. The predicted octanol–water partition coefficient (Wildman–Crippen LogP) is 2.81. The van der Waals surface area contributed by atoms with Crippen molar-refractivity contribution in [3.63, 3.8) is 0 Å². The fourth-order valence-electron chi connectivity index (χ4n) is 2.44. The Morgan fingerprint density at radius 1 is 1.35 bits per heavy atom. The van der Waals surface area contributed by atoms with Gasteiger partial charge in [-0.15, -0.1) is 0 Å². The minimum atomic E-state index is -0.899. The molecule has 7 heteroatoms. The summed E-state index contributed by atoms with van der Waals surface area (Å²) in [7, 11) is 0. The van der Waals surface area contributed by atoms with E-state index in [-0.39, 0.29) is 24.7 Å². The molecule has 3 rings (SSSR count). The van der Waals surface area contributed by atoms with E-state index in [4.69, 9.17) is 18.9 Å². The molecule has 124 valence electrons. The van der Waals surface area contributed by atoms with Gasteiger partial charge in [0.15, 0.2) is 17.7 Å². The fourth-order valence-corrected chi connectivity index (χ4v) is 2.71. The Morgan fingerprint density at radius 3 is 2.65 bits per heavy atom. The van der Waals surface area contributed by atoms with Crippen molar-refractivity contribution in [2.75, 3.05) is 6.61 Å². The first kappa shape index (κ1) is 16.3. The molecule has 1 saturated heterocycles. The normalized spacial score (nSPS) is 26.5. The molecular formula is C16H17BrO6. The van der Waals surface area contributed by atoms with Crippen LogP contribution >= 0.6 is 15.9 Å². The number of carbonyl (C=O) groups is 1. The molecule has 0 unspecified atom stereocenters. The van der Waals surface area contributed by atoms with E-state index in [1.165, 1.54) is 0 Å². The number of esters is 1. The molecule has 23 heavy (non-hydrogen) atoms. The van der Waals surface area contributed by atoms with Gasteiger partial charge in [-0.25, -0.2) is 4.79 Å². The summed E-state index contributed by atoms with van der Waals surface area (Å²) in [4.78, 5) is 11.9. The Bertz CT molecular complexity index is 636. The molecule has 0 radical (unpaired) electrons. The van der Waals surface area contributed by atoms with Crippen molar-refractivity contribution < 1.29 is 28.8 Å². The van der Waals surface area contributed by atoms with E-state index in [1.807, 2.05) is 24.3 Å². The molecule has 2 heterocycles. The van der Waals surface area contributed by atoms with Crippen LogP contribution in [-0.4, -0.2) is 35.7 Å². The van der Waals surface area contributed by atoms with E-state index in [0.717, 1.165) is 10.0 Å².